The first-order valence-corrected chi connectivity index (χ1v) is 9.42. The maximum Gasteiger partial charge on any atom is 0.237 e. The smallest absolute Gasteiger partial charge is 0.237 e. The highest BCUT2D eigenvalue weighted by Gasteiger charge is 2.28. The van der Waals surface area contributed by atoms with Gasteiger partial charge in [-0.15, -0.1) is 11.3 Å². The number of hydrogen-bond acceptors (Lipinski definition) is 6. The van der Waals surface area contributed by atoms with E-state index in [1.54, 1.807) is 11.3 Å². The van der Waals surface area contributed by atoms with Crippen molar-refractivity contribution in [2.24, 2.45) is 0 Å². The Morgan fingerprint density at radius 1 is 1.38 bits per heavy atom. The van der Waals surface area contributed by atoms with E-state index in [1.807, 2.05) is 11.8 Å². The van der Waals surface area contributed by atoms with Crippen LogP contribution in [0.25, 0.3) is 0 Å². The molecular weight excluding hydrogens is 324 g/mol. The first kappa shape index (κ1) is 15.8. The average molecular weight is 346 g/mol. The number of carbonyl (C=O) groups excluding carboxylic acids is 1. The van der Waals surface area contributed by atoms with Crippen LogP contribution < -0.4 is 0 Å². The summed E-state index contributed by atoms with van der Waals surface area (Å²) in [5, 5.41) is 6.00. The number of thiophene rings is 1. The molecule has 0 radical (unpaired) electrons. The van der Waals surface area contributed by atoms with E-state index in [0.29, 0.717) is 18.3 Å². The van der Waals surface area contributed by atoms with Crippen molar-refractivity contribution in [3.05, 3.63) is 33.6 Å². The van der Waals surface area contributed by atoms with Gasteiger partial charge >= 0.3 is 0 Å². The molecule has 128 valence electrons. The van der Waals surface area contributed by atoms with Crippen molar-refractivity contribution >= 4 is 17.2 Å². The Kier molecular flexibility index (Phi) is 4.37. The summed E-state index contributed by atoms with van der Waals surface area (Å²) in [5.74, 6) is 2.03. The summed E-state index contributed by atoms with van der Waals surface area (Å²) < 4.78 is 5.29. The van der Waals surface area contributed by atoms with Crippen molar-refractivity contribution in [1.82, 2.24) is 19.9 Å². The molecule has 0 N–H and O–H groups in total. The summed E-state index contributed by atoms with van der Waals surface area (Å²) >= 11 is 1.81. The predicted molar refractivity (Wildman–Crippen MR) is 90.9 cm³/mol. The number of aromatic nitrogens is 2. The van der Waals surface area contributed by atoms with Crippen LogP contribution in [0.2, 0.25) is 0 Å². The van der Waals surface area contributed by atoms with Gasteiger partial charge in [0.15, 0.2) is 5.82 Å². The van der Waals surface area contributed by atoms with Crippen LogP contribution >= 0.6 is 11.3 Å². The van der Waals surface area contributed by atoms with Gasteiger partial charge in [-0.1, -0.05) is 5.16 Å². The van der Waals surface area contributed by atoms with Gasteiger partial charge in [-0.05, 0) is 56.3 Å². The predicted octanol–water partition coefficient (Wildman–Crippen LogP) is 2.20. The summed E-state index contributed by atoms with van der Waals surface area (Å²) in [6.45, 7) is 5.82. The first-order valence-electron chi connectivity index (χ1n) is 8.54. The molecule has 1 amide bonds. The minimum Gasteiger partial charge on any atom is -0.339 e. The Balaban J connectivity index is 1.29. The molecule has 0 spiro atoms. The lowest BCUT2D eigenvalue weighted by molar-refractivity contribution is -0.133. The van der Waals surface area contributed by atoms with Gasteiger partial charge in [0.05, 0.1) is 6.54 Å². The van der Waals surface area contributed by atoms with Crippen molar-refractivity contribution in [2.75, 3.05) is 26.2 Å². The quantitative estimate of drug-likeness (QED) is 0.853. The SMILES string of the molecule is Cc1noc(C2CCN(CC(=O)N3CCc4sccc4C3)CC2)n1. The van der Waals surface area contributed by atoms with Crippen molar-refractivity contribution in [3.8, 4) is 0 Å². The molecule has 2 aliphatic rings. The molecule has 2 aliphatic heterocycles. The highest BCUT2D eigenvalue weighted by molar-refractivity contribution is 7.10. The molecular formula is C17H22N4O2S. The fourth-order valence-corrected chi connectivity index (χ4v) is 4.46. The molecule has 4 heterocycles. The van der Waals surface area contributed by atoms with E-state index >= 15 is 0 Å². The molecule has 4 rings (SSSR count). The number of hydrogen-bond donors (Lipinski definition) is 0. The van der Waals surface area contributed by atoms with Crippen molar-refractivity contribution in [2.45, 2.75) is 38.6 Å². The van der Waals surface area contributed by atoms with Gasteiger partial charge in [0.1, 0.15) is 0 Å². The lowest BCUT2D eigenvalue weighted by Crippen LogP contribution is -2.44. The second kappa shape index (κ2) is 6.64. The van der Waals surface area contributed by atoms with E-state index in [0.717, 1.165) is 51.3 Å². The number of rotatable bonds is 3. The Labute approximate surface area is 145 Å². The summed E-state index contributed by atoms with van der Waals surface area (Å²) in [5.41, 5.74) is 1.32. The molecule has 0 saturated carbocycles. The second-order valence-electron chi connectivity index (χ2n) is 6.66. The third-order valence-corrected chi connectivity index (χ3v) is 6.02. The van der Waals surface area contributed by atoms with Crippen LogP contribution in [0.5, 0.6) is 0 Å². The summed E-state index contributed by atoms with van der Waals surface area (Å²) in [6, 6.07) is 2.15. The molecule has 6 nitrogen and oxygen atoms in total. The van der Waals surface area contributed by atoms with Crippen LogP contribution in [0.1, 0.15) is 40.9 Å². The van der Waals surface area contributed by atoms with Gasteiger partial charge in [-0.25, -0.2) is 0 Å². The molecule has 7 heteroatoms. The average Bonchev–Trinajstić information content (AvgIpc) is 3.23. The number of nitrogens with zero attached hydrogens (tertiary/aromatic N) is 4. The van der Waals surface area contributed by atoms with Gasteiger partial charge < -0.3 is 9.42 Å². The standard InChI is InChI=1S/C17H22N4O2S/c1-12-18-17(23-19-12)13-2-6-20(7-3-13)11-16(22)21-8-4-15-14(10-21)5-9-24-15/h5,9,13H,2-4,6-8,10-11H2,1H3. The zero-order valence-corrected chi connectivity index (χ0v) is 14.7. The van der Waals surface area contributed by atoms with E-state index in [-0.39, 0.29) is 5.91 Å². The van der Waals surface area contributed by atoms with Crippen LogP contribution in [-0.2, 0) is 17.8 Å². The number of carbonyl (C=O) groups is 1. The van der Waals surface area contributed by atoms with Gasteiger partial charge in [0, 0.05) is 23.9 Å². The fraction of sp³-hybridized carbons (Fsp3) is 0.588. The highest BCUT2D eigenvalue weighted by Crippen LogP contribution is 2.27. The second-order valence-corrected chi connectivity index (χ2v) is 7.67. The molecule has 0 atom stereocenters. The minimum atomic E-state index is 0.249. The van der Waals surface area contributed by atoms with Crippen LogP contribution in [0.3, 0.4) is 0 Å². The minimum absolute atomic E-state index is 0.249. The number of fused-ring (bicyclic) bond motifs is 1. The third kappa shape index (κ3) is 3.23. The number of amides is 1. The molecule has 2 aromatic heterocycles. The lowest BCUT2D eigenvalue weighted by Gasteiger charge is -2.33. The van der Waals surface area contributed by atoms with Crippen LogP contribution in [0.15, 0.2) is 16.0 Å². The lowest BCUT2D eigenvalue weighted by atomic mass is 9.97. The molecule has 24 heavy (non-hydrogen) atoms. The van der Waals surface area contributed by atoms with E-state index in [1.165, 1.54) is 10.4 Å². The van der Waals surface area contributed by atoms with Gasteiger partial charge in [-0.3, -0.25) is 9.69 Å². The molecule has 0 aromatic carbocycles. The molecule has 1 fully saturated rings. The summed E-state index contributed by atoms with van der Waals surface area (Å²) in [7, 11) is 0. The number of aryl methyl sites for hydroxylation is 1. The largest absolute Gasteiger partial charge is 0.339 e. The van der Waals surface area contributed by atoms with Crippen molar-refractivity contribution < 1.29 is 9.32 Å². The maximum absolute atomic E-state index is 12.6. The van der Waals surface area contributed by atoms with E-state index < -0.39 is 0 Å². The normalized spacial score (nSPS) is 19.5. The van der Waals surface area contributed by atoms with Crippen molar-refractivity contribution in [3.63, 3.8) is 0 Å². The number of piperidine rings is 1. The Bertz CT molecular complexity index is 718. The Morgan fingerprint density at radius 3 is 2.96 bits per heavy atom. The highest BCUT2D eigenvalue weighted by atomic mass is 32.1. The first-order chi connectivity index (χ1) is 11.7. The van der Waals surface area contributed by atoms with Gasteiger partial charge in [-0.2, -0.15) is 4.98 Å². The van der Waals surface area contributed by atoms with Crippen molar-refractivity contribution in [1.29, 1.82) is 0 Å². The zero-order chi connectivity index (χ0) is 16.5. The van der Waals surface area contributed by atoms with Crippen LogP contribution in [0, 0.1) is 6.92 Å². The maximum atomic E-state index is 12.6. The van der Waals surface area contributed by atoms with Crippen LogP contribution in [0.4, 0.5) is 0 Å². The molecule has 0 aliphatic carbocycles. The van der Waals surface area contributed by atoms with Gasteiger partial charge in [0.2, 0.25) is 11.8 Å². The van der Waals surface area contributed by atoms with E-state index in [4.69, 9.17) is 4.52 Å². The third-order valence-electron chi connectivity index (χ3n) is 5.00. The van der Waals surface area contributed by atoms with E-state index in [9.17, 15) is 4.79 Å². The zero-order valence-electron chi connectivity index (χ0n) is 13.9. The summed E-state index contributed by atoms with van der Waals surface area (Å²) in [4.78, 5) is 22.6. The Hall–Kier alpha value is -1.73. The molecule has 0 bridgehead atoms. The number of likely N-dealkylation sites (tertiary alicyclic amines) is 1. The molecule has 0 unspecified atom stereocenters. The van der Waals surface area contributed by atoms with Crippen LogP contribution in [-0.4, -0.2) is 52.0 Å². The topological polar surface area (TPSA) is 62.5 Å². The van der Waals surface area contributed by atoms with E-state index in [2.05, 4.69) is 26.5 Å². The summed E-state index contributed by atoms with van der Waals surface area (Å²) in [6.07, 6.45) is 2.95. The van der Waals surface area contributed by atoms with Gasteiger partial charge in [0.25, 0.3) is 0 Å². The molecule has 1 saturated heterocycles. The monoisotopic (exact) mass is 346 g/mol. The molecule has 2 aromatic rings. The Morgan fingerprint density at radius 2 is 2.21 bits per heavy atom. The fourth-order valence-electron chi connectivity index (χ4n) is 3.57.